The van der Waals surface area contributed by atoms with E-state index >= 15 is 0 Å². The topological polar surface area (TPSA) is 119 Å². The summed E-state index contributed by atoms with van der Waals surface area (Å²) in [5, 5.41) is 13.8. The smallest absolute Gasteiger partial charge is 0.248 e. The number of carbonyl (C=O) groups is 2. The van der Waals surface area contributed by atoms with Crippen LogP contribution < -0.4 is 10.0 Å². The van der Waals surface area contributed by atoms with Crippen molar-refractivity contribution in [2.75, 3.05) is 30.6 Å². The number of hydrogen-bond acceptors (Lipinski definition) is 6. The third kappa shape index (κ3) is 7.37. The molecule has 2 aliphatic heterocycles. The maximum atomic E-state index is 13.6. The summed E-state index contributed by atoms with van der Waals surface area (Å²) >= 11 is 0. The first-order chi connectivity index (χ1) is 17.0. The number of hydrogen-bond donors (Lipinski definition) is 3. The number of aliphatic hydroxyl groups is 1. The average Bonchev–Trinajstić information content (AvgIpc) is 2.83. The van der Waals surface area contributed by atoms with Gasteiger partial charge in [0.2, 0.25) is 21.8 Å². The second-order valence-corrected chi connectivity index (χ2v) is 12.0. The van der Waals surface area contributed by atoms with Gasteiger partial charge < -0.3 is 15.3 Å². The van der Waals surface area contributed by atoms with Crippen LogP contribution in [0.1, 0.15) is 64.9 Å². The van der Waals surface area contributed by atoms with E-state index in [-0.39, 0.29) is 30.1 Å². The van der Waals surface area contributed by atoms with Crippen molar-refractivity contribution in [1.82, 2.24) is 15.1 Å². The van der Waals surface area contributed by atoms with Gasteiger partial charge in [0.1, 0.15) is 11.6 Å². The molecule has 11 heteroatoms. The average molecular weight is 559 g/mol. The lowest BCUT2D eigenvalue weighted by atomic mass is 9.79. The van der Waals surface area contributed by atoms with Crippen molar-refractivity contribution in [2.24, 2.45) is 5.92 Å². The minimum Gasteiger partial charge on any atom is -0.390 e. The molecule has 2 saturated heterocycles. The molecule has 1 aromatic rings. The quantitative estimate of drug-likeness (QED) is 0.384. The van der Waals surface area contributed by atoms with Crippen molar-refractivity contribution in [1.29, 1.82) is 0 Å². The van der Waals surface area contributed by atoms with E-state index < -0.39 is 27.7 Å². The molecule has 1 aromatic carbocycles. The van der Waals surface area contributed by atoms with Gasteiger partial charge in [-0.1, -0.05) is 52.2 Å². The number of benzene rings is 1. The van der Waals surface area contributed by atoms with Gasteiger partial charge >= 0.3 is 0 Å². The zero-order valence-corrected chi connectivity index (χ0v) is 24.0. The van der Waals surface area contributed by atoms with Gasteiger partial charge in [-0.2, -0.15) is 0 Å². The number of amides is 2. The normalized spacial score (nSPS) is 21.0. The monoisotopic (exact) mass is 558 g/mol. The number of aliphatic hydroxyl groups excluding tert-OH is 1. The highest BCUT2D eigenvalue weighted by Crippen LogP contribution is 2.35. The second-order valence-electron chi connectivity index (χ2n) is 10.2. The van der Waals surface area contributed by atoms with Crippen LogP contribution in [-0.2, 0) is 26.2 Å². The molecule has 2 amide bonds. The fourth-order valence-electron chi connectivity index (χ4n) is 5.48. The lowest BCUT2D eigenvalue weighted by molar-refractivity contribution is -0.165. The Bertz CT molecular complexity index is 1010. The molecule has 2 fully saturated rings. The number of nitrogens with one attached hydrogen (secondary N) is 2. The Labute approximate surface area is 227 Å². The summed E-state index contributed by atoms with van der Waals surface area (Å²) < 4.78 is 25.3. The lowest BCUT2D eigenvalue weighted by Gasteiger charge is -2.52. The van der Waals surface area contributed by atoms with E-state index in [0.717, 1.165) is 37.5 Å². The molecule has 37 heavy (non-hydrogen) atoms. The highest BCUT2D eigenvalue weighted by Gasteiger charge is 2.55. The molecular weight excluding hydrogens is 516 g/mol. The van der Waals surface area contributed by atoms with Crippen molar-refractivity contribution < 1.29 is 23.1 Å². The van der Waals surface area contributed by atoms with Gasteiger partial charge in [-0.3, -0.25) is 19.2 Å². The summed E-state index contributed by atoms with van der Waals surface area (Å²) in [6, 6.07) is 6.39. The number of sulfonamides is 1. The van der Waals surface area contributed by atoms with Crippen LogP contribution in [0.4, 0.5) is 5.69 Å². The Morgan fingerprint density at radius 3 is 2.22 bits per heavy atom. The van der Waals surface area contributed by atoms with E-state index in [4.69, 9.17) is 0 Å². The zero-order chi connectivity index (χ0) is 26.5. The van der Waals surface area contributed by atoms with Gasteiger partial charge in [0, 0.05) is 31.9 Å². The Kier molecular flexibility index (Phi) is 11.2. The molecule has 0 saturated carbocycles. The fourth-order valence-corrected chi connectivity index (χ4v) is 6.05. The summed E-state index contributed by atoms with van der Waals surface area (Å²) in [5.74, 6) is -0.351. The minimum absolute atomic E-state index is 0. The fraction of sp³-hybridized carbons (Fsp3) is 0.692. The predicted molar refractivity (Wildman–Crippen MR) is 148 cm³/mol. The number of rotatable bonds is 11. The van der Waals surface area contributed by atoms with Gasteiger partial charge in [0.15, 0.2) is 0 Å². The van der Waals surface area contributed by atoms with Gasteiger partial charge in [0.05, 0.1) is 12.4 Å². The van der Waals surface area contributed by atoms with Gasteiger partial charge in [-0.15, -0.1) is 12.4 Å². The number of halogens is 1. The van der Waals surface area contributed by atoms with Crippen LogP contribution in [-0.4, -0.2) is 78.7 Å². The molecule has 2 atom stereocenters. The first-order valence-corrected chi connectivity index (χ1v) is 15.0. The van der Waals surface area contributed by atoms with Crippen molar-refractivity contribution in [3.63, 3.8) is 0 Å². The molecule has 3 rings (SSSR count). The molecule has 210 valence electrons. The molecule has 3 N–H and O–H groups in total. The molecule has 0 radical (unpaired) electrons. The van der Waals surface area contributed by atoms with Crippen molar-refractivity contribution in [3.05, 3.63) is 29.8 Å². The zero-order valence-electron chi connectivity index (χ0n) is 22.4. The van der Waals surface area contributed by atoms with E-state index in [1.165, 1.54) is 0 Å². The number of piperazine rings is 1. The molecule has 0 unspecified atom stereocenters. The van der Waals surface area contributed by atoms with Gasteiger partial charge in [-0.05, 0) is 42.9 Å². The van der Waals surface area contributed by atoms with E-state index in [2.05, 4.69) is 21.9 Å². The highest BCUT2D eigenvalue weighted by atomic mass is 35.5. The van der Waals surface area contributed by atoms with E-state index in [0.29, 0.717) is 44.7 Å². The predicted octanol–water partition coefficient (Wildman–Crippen LogP) is 2.74. The number of anilines is 1. The van der Waals surface area contributed by atoms with Crippen molar-refractivity contribution >= 4 is 39.9 Å². The Hall–Kier alpha value is -1.88. The lowest BCUT2D eigenvalue weighted by Crippen LogP contribution is -2.75. The van der Waals surface area contributed by atoms with E-state index in [9.17, 15) is 23.1 Å². The maximum Gasteiger partial charge on any atom is 0.248 e. The van der Waals surface area contributed by atoms with Crippen LogP contribution in [0.15, 0.2) is 24.3 Å². The number of nitrogens with zero attached hydrogens (tertiary/aromatic N) is 2. The number of piperidine rings is 1. The molecule has 0 aliphatic carbocycles. The summed E-state index contributed by atoms with van der Waals surface area (Å²) in [5.41, 5.74) is 0.689. The first kappa shape index (κ1) is 31.3. The Morgan fingerprint density at radius 2 is 1.70 bits per heavy atom. The summed E-state index contributed by atoms with van der Waals surface area (Å²) in [7, 11) is -3.32. The molecule has 0 bridgehead atoms. The summed E-state index contributed by atoms with van der Waals surface area (Å²) in [6.45, 7) is 8.57. The van der Waals surface area contributed by atoms with Crippen LogP contribution in [0.5, 0.6) is 0 Å². The van der Waals surface area contributed by atoms with Gasteiger partial charge in [-0.25, -0.2) is 8.42 Å². The van der Waals surface area contributed by atoms with Crippen molar-refractivity contribution in [2.45, 2.75) is 83.5 Å². The summed E-state index contributed by atoms with van der Waals surface area (Å²) in [6.07, 6.45) is 4.53. The third-order valence-corrected chi connectivity index (χ3v) is 8.32. The van der Waals surface area contributed by atoms with Crippen LogP contribution in [0.3, 0.4) is 0 Å². The van der Waals surface area contributed by atoms with E-state index in [1.54, 1.807) is 17.0 Å². The number of carbonyl (C=O) groups excluding carboxylic acids is 2. The number of unbranched alkanes of at least 4 members (excludes halogenated alkanes) is 1. The first-order valence-electron chi connectivity index (χ1n) is 13.1. The van der Waals surface area contributed by atoms with Crippen LogP contribution in [0.25, 0.3) is 0 Å². The molecule has 2 heterocycles. The molecule has 1 spiro atoms. The highest BCUT2D eigenvalue weighted by molar-refractivity contribution is 7.92. The standard InChI is InChI=1S/C26H42N4O5S.ClH/c1-5-8-15-30-24(32)22(23(31)20(6-2)7-3)27-25(33)26(30)13-16-29(17-14-26)18-19-9-11-21(12-10-19)28-36(4,34)35;/h9-12,20,22-23,28,31H,5-8,13-18H2,1-4H3,(H,27,33);1H/t22-,23-;/m1./s1. The molecule has 0 aromatic heterocycles. The Morgan fingerprint density at radius 1 is 1.11 bits per heavy atom. The molecule has 9 nitrogen and oxygen atoms in total. The van der Waals surface area contributed by atoms with Crippen molar-refractivity contribution in [3.8, 4) is 0 Å². The maximum absolute atomic E-state index is 13.6. The van der Waals surface area contributed by atoms with Crippen LogP contribution in [0, 0.1) is 5.92 Å². The second kappa shape index (κ2) is 13.3. The largest absolute Gasteiger partial charge is 0.390 e. The molecule has 2 aliphatic rings. The van der Waals surface area contributed by atoms with Gasteiger partial charge in [0.25, 0.3) is 0 Å². The number of likely N-dealkylation sites (tertiary alicyclic amines) is 1. The minimum atomic E-state index is -3.32. The van der Waals surface area contributed by atoms with Crippen LogP contribution in [0.2, 0.25) is 0 Å². The summed E-state index contributed by atoms with van der Waals surface area (Å²) in [4.78, 5) is 31.2. The van der Waals surface area contributed by atoms with Crippen LogP contribution >= 0.6 is 12.4 Å². The SMILES string of the molecule is CCCCN1C(=O)[C@@H]([C@H](O)C(CC)CC)NC(=O)C12CCN(Cc1ccc(NS(C)(=O)=O)cc1)CC2.Cl. The molecular formula is C26H43ClN4O5S. The Balaban J connectivity index is 0.00000481. The van der Waals surface area contributed by atoms with E-state index in [1.807, 2.05) is 26.0 Å². The third-order valence-electron chi connectivity index (χ3n) is 7.71.